The van der Waals surface area contributed by atoms with E-state index in [-0.39, 0.29) is 12.5 Å². The van der Waals surface area contributed by atoms with Gasteiger partial charge in [0.2, 0.25) is 0 Å². The lowest BCUT2D eigenvalue weighted by Crippen LogP contribution is -2.23. The molecule has 0 spiro atoms. The molecule has 168 valence electrons. The number of hydrogen-bond acceptors (Lipinski definition) is 5. The van der Waals surface area contributed by atoms with Gasteiger partial charge in [0.25, 0.3) is 5.91 Å². The summed E-state index contributed by atoms with van der Waals surface area (Å²) in [5.41, 5.74) is 5.83. The molecule has 3 aromatic carbocycles. The van der Waals surface area contributed by atoms with E-state index in [4.69, 9.17) is 9.72 Å². The molecule has 5 aromatic rings. The Hall–Kier alpha value is -4.52. The fourth-order valence-electron chi connectivity index (χ4n) is 3.96. The Bertz CT molecular complexity index is 1490. The average molecular weight is 450 g/mol. The van der Waals surface area contributed by atoms with Gasteiger partial charge in [-0.2, -0.15) is 5.10 Å². The van der Waals surface area contributed by atoms with Gasteiger partial charge in [0.15, 0.2) is 5.82 Å². The zero-order valence-electron chi connectivity index (χ0n) is 18.7. The molecule has 5 rings (SSSR count). The summed E-state index contributed by atoms with van der Waals surface area (Å²) >= 11 is 0. The van der Waals surface area contributed by atoms with E-state index in [1.165, 1.54) is 0 Å². The van der Waals surface area contributed by atoms with Crippen molar-refractivity contribution in [3.63, 3.8) is 0 Å². The molecule has 7 heteroatoms. The monoisotopic (exact) mass is 449 g/mol. The van der Waals surface area contributed by atoms with Crippen LogP contribution in [0.3, 0.4) is 0 Å². The molecule has 1 amide bonds. The fraction of sp³-hybridized carbons (Fsp3) is 0.111. The third-order valence-corrected chi connectivity index (χ3v) is 5.46. The minimum atomic E-state index is -0.269. The average Bonchev–Trinajstić information content (AvgIpc) is 3.24. The number of nitrogens with one attached hydrogen (secondary N) is 1. The zero-order valence-corrected chi connectivity index (χ0v) is 18.7. The van der Waals surface area contributed by atoms with Crippen molar-refractivity contribution in [1.82, 2.24) is 20.0 Å². The van der Waals surface area contributed by atoms with Gasteiger partial charge in [0, 0.05) is 11.8 Å². The van der Waals surface area contributed by atoms with Gasteiger partial charge in [-0.25, -0.2) is 10.4 Å². The maximum atomic E-state index is 12.9. The number of pyridine rings is 1. The number of hydrazone groups is 1. The van der Waals surface area contributed by atoms with Gasteiger partial charge < -0.3 is 9.30 Å². The van der Waals surface area contributed by atoms with Crippen LogP contribution in [0, 0.1) is 0 Å². The van der Waals surface area contributed by atoms with E-state index in [1.54, 1.807) is 12.4 Å². The SMILES string of the molecule is CCOc1ccc2ccccc2c1C=NNC(=O)Cn1c(-c2ccccn2)nc2ccccc21. The van der Waals surface area contributed by atoms with Gasteiger partial charge in [-0.1, -0.05) is 48.5 Å². The molecule has 0 unspecified atom stereocenters. The molecule has 0 saturated heterocycles. The minimum absolute atomic E-state index is 0.0532. The highest BCUT2D eigenvalue weighted by molar-refractivity contribution is 6.02. The molecular formula is C27H23N5O2. The van der Waals surface area contributed by atoms with Crippen LogP contribution in [0.25, 0.3) is 33.3 Å². The van der Waals surface area contributed by atoms with E-state index >= 15 is 0 Å². The van der Waals surface area contributed by atoms with Crippen LogP contribution in [0.15, 0.2) is 90.2 Å². The van der Waals surface area contributed by atoms with Crippen LogP contribution < -0.4 is 10.2 Å². The van der Waals surface area contributed by atoms with Crippen LogP contribution in [-0.2, 0) is 11.3 Å². The van der Waals surface area contributed by atoms with Crippen molar-refractivity contribution in [2.75, 3.05) is 6.61 Å². The molecule has 7 nitrogen and oxygen atoms in total. The summed E-state index contributed by atoms with van der Waals surface area (Å²) in [5, 5.41) is 6.32. The topological polar surface area (TPSA) is 81.4 Å². The maximum Gasteiger partial charge on any atom is 0.260 e. The van der Waals surface area contributed by atoms with Crippen molar-refractivity contribution in [3.8, 4) is 17.3 Å². The third-order valence-electron chi connectivity index (χ3n) is 5.46. The molecule has 34 heavy (non-hydrogen) atoms. The molecule has 2 aromatic heterocycles. The van der Waals surface area contributed by atoms with Gasteiger partial charge in [-0.15, -0.1) is 0 Å². The number of rotatable bonds is 7. The second-order valence-electron chi connectivity index (χ2n) is 7.65. The number of imidazole rings is 1. The molecule has 2 heterocycles. The van der Waals surface area contributed by atoms with Crippen molar-refractivity contribution in [3.05, 3.63) is 90.6 Å². The Labute approximate surface area is 196 Å². The lowest BCUT2D eigenvalue weighted by atomic mass is 10.0. The number of ether oxygens (including phenoxy) is 1. The van der Waals surface area contributed by atoms with Crippen LogP contribution >= 0.6 is 0 Å². The maximum absolute atomic E-state index is 12.9. The number of nitrogens with zero attached hydrogens (tertiary/aromatic N) is 4. The van der Waals surface area contributed by atoms with Crippen molar-refractivity contribution in [2.45, 2.75) is 13.5 Å². The standard InChI is InChI=1S/C27H23N5O2/c1-2-34-25-15-14-19-9-3-4-10-20(19)21(25)17-29-31-26(33)18-32-24-13-6-5-11-22(24)30-27(32)23-12-7-8-16-28-23/h3-17H,2,18H2,1H3,(H,31,33). The van der Waals surface area contributed by atoms with Crippen molar-refractivity contribution < 1.29 is 9.53 Å². The van der Waals surface area contributed by atoms with Crippen molar-refractivity contribution in [2.24, 2.45) is 5.10 Å². The van der Waals surface area contributed by atoms with Crippen LogP contribution in [0.1, 0.15) is 12.5 Å². The molecule has 0 aliphatic carbocycles. The molecule has 0 aliphatic heterocycles. The number of fused-ring (bicyclic) bond motifs is 2. The van der Waals surface area contributed by atoms with E-state index in [2.05, 4.69) is 15.5 Å². The first-order valence-electron chi connectivity index (χ1n) is 11.1. The highest BCUT2D eigenvalue weighted by atomic mass is 16.5. The highest BCUT2D eigenvalue weighted by Gasteiger charge is 2.15. The summed E-state index contributed by atoms with van der Waals surface area (Å²) in [6, 6.07) is 25.3. The second-order valence-corrected chi connectivity index (χ2v) is 7.65. The number of para-hydroxylation sites is 2. The Kier molecular flexibility index (Phi) is 5.99. The van der Waals surface area contributed by atoms with Crippen molar-refractivity contribution in [1.29, 1.82) is 0 Å². The largest absolute Gasteiger partial charge is 0.493 e. The minimum Gasteiger partial charge on any atom is -0.493 e. The molecule has 0 saturated carbocycles. The molecule has 0 aliphatic rings. The first-order valence-corrected chi connectivity index (χ1v) is 11.1. The third kappa shape index (κ3) is 4.23. The predicted molar refractivity (Wildman–Crippen MR) is 134 cm³/mol. The van der Waals surface area contributed by atoms with E-state index < -0.39 is 0 Å². The van der Waals surface area contributed by atoms with E-state index in [0.29, 0.717) is 18.1 Å². The molecule has 1 N–H and O–H groups in total. The number of aromatic nitrogens is 3. The number of carbonyl (C=O) groups excluding carboxylic acids is 1. The quantitative estimate of drug-likeness (QED) is 0.286. The number of hydrogen-bond donors (Lipinski definition) is 1. The van der Waals surface area contributed by atoms with Crippen LogP contribution in [0.4, 0.5) is 0 Å². The normalized spacial score (nSPS) is 11.3. The number of benzene rings is 3. The molecule has 0 atom stereocenters. The Morgan fingerprint density at radius 2 is 1.85 bits per heavy atom. The molecule has 0 radical (unpaired) electrons. The summed E-state index contributed by atoms with van der Waals surface area (Å²) in [7, 11) is 0. The van der Waals surface area contributed by atoms with Gasteiger partial charge in [0.1, 0.15) is 18.0 Å². The summed E-state index contributed by atoms with van der Waals surface area (Å²) in [6.45, 7) is 2.53. The lowest BCUT2D eigenvalue weighted by Gasteiger charge is -2.10. The summed E-state index contributed by atoms with van der Waals surface area (Å²) in [6.07, 6.45) is 3.35. The van der Waals surface area contributed by atoms with Crippen molar-refractivity contribution >= 4 is 33.9 Å². The number of carbonyl (C=O) groups is 1. The van der Waals surface area contributed by atoms with Crippen LogP contribution in [0.2, 0.25) is 0 Å². The summed E-state index contributed by atoms with van der Waals surface area (Å²) in [4.78, 5) is 22.0. The molecule has 0 fully saturated rings. The molecular weight excluding hydrogens is 426 g/mol. The first kappa shape index (κ1) is 21.3. The zero-order chi connectivity index (χ0) is 23.3. The van der Waals surface area contributed by atoms with E-state index in [1.807, 2.05) is 90.4 Å². The first-order chi connectivity index (χ1) is 16.7. The fourth-order valence-corrected chi connectivity index (χ4v) is 3.96. The van der Waals surface area contributed by atoms with Crippen LogP contribution in [-0.4, -0.2) is 33.3 Å². The Morgan fingerprint density at radius 3 is 2.71 bits per heavy atom. The Balaban J connectivity index is 1.42. The van der Waals surface area contributed by atoms with Gasteiger partial charge in [0.05, 0.1) is 23.9 Å². The van der Waals surface area contributed by atoms with Crippen LogP contribution in [0.5, 0.6) is 5.75 Å². The molecule has 0 bridgehead atoms. The van der Waals surface area contributed by atoms with E-state index in [0.717, 1.165) is 33.1 Å². The second kappa shape index (κ2) is 9.54. The highest BCUT2D eigenvalue weighted by Crippen LogP contribution is 2.27. The smallest absolute Gasteiger partial charge is 0.260 e. The Morgan fingerprint density at radius 1 is 1.03 bits per heavy atom. The lowest BCUT2D eigenvalue weighted by molar-refractivity contribution is -0.121. The van der Waals surface area contributed by atoms with Gasteiger partial charge in [-0.05, 0) is 48.0 Å². The summed E-state index contributed by atoms with van der Waals surface area (Å²) in [5.74, 6) is 1.08. The number of amides is 1. The summed E-state index contributed by atoms with van der Waals surface area (Å²) < 4.78 is 7.63. The van der Waals surface area contributed by atoms with E-state index in [9.17, 15) is 4.79 Å². The van der Waals surface area contributed by atoms with Gasteiger partial charge in [-0.3, -0.25) is 9.78 Å². The van der Waals surface area contributed by atoms with Gasteiger partial charge >= 0.3 is 0 Å². The predicted octanol–water partition coefficient (Wildman–Crippen LogP) is 4.80.